The Balaban J connectivity index is 3.47. The number of aliphatic hydroxyl groups is 1. The fraction of sp³-hybridized carbons (Fsp3) is 0.650. The van der Waals surface area contributed by atoms with Crippen LogP contribution in [0.4, 0.5) is 0 Å². The van der Waals surface area contributed by atoms with Crippen molar-refractivity contribution in [1.29, 1.82) is 0 Å². The van der Waals surface area contributed by atoms with E-state index in [1.807, 2.05) is 0 Å². The van der Waals surface area contributed by atoms with E-state index in [2.05, 4.69) is 42.4 Å². The van der Waals surface area contributed by atoms with Crippen LogP contribution in [-0.2, 0) is 4.79 Å². The van der Waals surface area contributed by atoms with Gasteiger partial charge in [-0.15, -0.1) is 11.8 Å². The second-order valence-electron chi connectivity index (χ2n) is 5.13. The Hall–Kier alpha value is -1.69. The Morgan fingerprint density at radius 1 is 0.773 bits per heavy atom. The highest BCUT2D eigenvalue weighted by Gasteiger charge is 1.94. The second-order valence-corrected chi connectivity index (χ2v) is 5.13. The zero-order chi connectivity index (χ0) is 16.3. The van der Waals surface area contributed by atoms with Crippen molar-refractivity contribution in [3.05, 3.63) is 0 Å². The van der Waals surface area contributed by atoms with Gasteiger partial charge in [-0.2, -0.15) is 0 Å². The van der Waals surface area contributed by atoms with E-state index in [0.717, 1.165) is 6.42 Å². The number of carbonyl (C=O) groups excluding carboxylic acids is 1. The molecule has 1 N–H and O–H groups in total. The molecule has 2 nitrogen and oxygen atoms in total. The van der Waals surface area contributed by atoms with E-state index in [-0.39, 0.29) is 12.4 Å². The van der Waals surface area contributed by atoms with Gasteiger partial charge in [0, 0.05) is 19.3 Å². The first-order valence-corrected chi connectivity index (χ1v) is 8.31. The summed E-state index contributed by atoms with van der Waals surface area (Å²) in [5.41, 5.74) is 0. The van der Waals surface area contributed by atoms with Crippen molar-refractivity contribution in [2.24, 2.45) is 0 Å². The van der Waals surface area contributed by atoms with Gasteiger partial charge < -0.3 is 5.11 Å². The van der Waals surface area contributed by atoms with Gasteiger partial charge in [0.05, 0.1) is 12.8 Å². The molecule has 0 bridgehead atoms. The molecule has 2 heteroatoms. The predicted molar refractivity (Wildman–Crippen MR) is 91.9 cm³/mol. The molecule has 0 rings (SSSR count). The minimum atomic E-state index is -0.390. The van der Waals surface area contributed by atoms with Crippen LogP contribution < -0.4 is 0 Å². The number of aliphatic hydroxyl groups excluding tert-OH is 1. The number of rotatable bonds is 9. The summed E-state index contributed by atoms with van der Waals surface area (Å²) < 4.78 is 0. The molecule has 0 atom stereocenters. The Morgan fingerprint density at radius 2 is 1.32 bits per heavy atom. The van der Waals surface area contributed by atoms with E-state index < -0.39 is 0 Å². The molecule has 0 amide bonds. The van der Waals surface area contributed by atoms with Crippen LogP contribution in [0.1, 0.15) is 77.6 Å². The molecule has 120 valence electrons. The van der Waals surface area contributed by atoms with Gasteiger partial charge in [0.2, 0.25) is 0 Å². The van der Waals surface area contributed by atoms with Gasteiger partial charge >= 0.3 is 0 Å². The van der Waals surface area contributed by atoms with Crippen LogP contribution in [0.2, 0.25) is 0 Å². The molecule has 0 spiro atoms. The smallest absolute Gasteiger partial charge is 0.159 e. The summed E-state index contributed by atoms with van der Waals surface area (Å²) in [4.78, 5) is 10.8. The van der Waals surface area contributed by atoms with E-state index in [4.69, 9.17) is 5.11 Å². The number of ketones is 1. The first-order valence-electron chi connectivity index (χ1n) is 8.31. The maximum Gasteiger partial charge on any atom is 0.159 e. The largest absolute Gasteiger partial charge is 0.389 e. The molecular formula is C20H28O2. The van der Waals surface area contributed by atoms with Crippen LogP contribution >= 0.6 is 0 Å². The molecule has 0 aliphatic rings. The van der Waals surface area contributed by atoms with Crippen molar-refractivity contribution in [1.82, 2.24) is 0 Å². The average Bonchev–Trinajstić information content (AvgIpc) is 2.54. The average molecular weight is 300 g/mol. The highest BCUT2D eigenvalue weighted by molar-refractivity contribution is 5.79. The van der Waals surface area contributed by atoms with E-state index in [9.17, 15) is 4.79 Å². The first kappa shape index (κ1) is 20.3. The lowest BCUT2D eigenvalue weighted by atomic mass is 10.1. The standard InChI is InChI=1S/C20H28O2/c1-2-3-4-5-6-7-8-9-10-11-12-13-14-15-16-17-18-20(22)19-21/h21H,2-8,11,14,17-19H2,1H3. The van der Waals surface area contributed by atoms with Crippen LogP contribution in [0.25, 0.3) is 0 Å². The lowest BCUT2D eigenvalue weighted by molar-refractivity contribution is -0.121. The van der Waals surface area contributed by atoms with Crippen LogP contribution in [0.15, 0.2) is 0 Å². The summed E-state index contributed by atoms with van der Waals surface area (Å²) >= 11 is 0. The van der Waals surface area contributed by atoms with Crippen LogP contribution in [0.5, 0.6) is 0 Å². The van der Waals surface area contributed by atoms with E-state index >= 15 is 0 Å². The number of hydrogen-bond acceptors (Lipinski definition) is 2. The monoisotopic (exact) mass is 300 g/mol. The SMILES string of the molecule is CCCCCCCCC#CCC#CCC#CCCC(=O)CO. The van der Waals surface area contributed by atoms with Crippen LogP contribution in [0, 0.1) is 35.5 Å². The lowest BCUT2D eigenvalue weighted by Crippen LogP contribution is -2.01. The molecule has 22 heavy (non-hydrogen) atoms. The fourth-order valence-corrected chi connectivity index (χ4v) is 1.79. The summed E-state index contributed by atoms with van der Waals surface area (Å²) in [5.74, 6) is 17.8. The Bertz CT molecular complexity index is 457. The molecule has 0 fully saturated rings. The Morgan fingerprint density at radius 3 is 1.95 bits per heavy atom. The first-order chi connectivity index (χ1) is 10.8. The second kappa shape index (κ2) is 17.4. The minimum Gasteiger partial charge on any atom is -0.389 e. The van der Waals surface area contributed by atoms with Gasteiger partial charge in [-0.1, -0.05) is 62.7 Å². The molecular weight excluding hydrogens is 272 g/mol. The summed E-state index contributed by atoms with van der Waals surface area (Å²) in [7, 11) is 0. The molecule has 0 saturated carbocycles. The molecule has 0 unspecified atom stereocenters. The fourth-order valence-electron chi connectivity index (χ4n) is 1.79. The molecule has 0 aromatic heterocycles. The minimum absolute atomic E-state index is 0.166. The topological polar surface area (TPSA) is 37.3 Å². The lowest BCUT2D eigenvalue weighted by Gasteiger charge is -1.96. The quantitative estimate of drug-likeness (QED) is 0.518. The zero-order valence-electron chi connectivity index (χ0n) is 13.8. The van der Waals surface area contributed by atoms with E-state index in [0.29, 0.717) is 25.7 Å². The van der Waals surface area contributed by atoms with Gasteiger partial charge in [0.1, 0.15) is 6.61 Å². The molecule has 0 heterocycles. The van der Waals surface area contributed by atoms with Gasteiger partial charge in [0.25, 0.3) is 0 Å². The predicted octanol–water partition coefficient (Wildman–Crippen LogP) is 3.87. The highest BCUT2D eigenvalue weighted by atomic mass is 16.3. The molecule has 0 aliphatic heterocycles. The third-order valence-electron chi connectivity index (χ3n) is 3.09. The zero-order valence-corrected chi connectivity index (χ0v) is 13.8. The highest BCUT2D eigenvalue weighted by Crippen LogP contribution is 2.06. The van der Waals surface area contributed by atoms with Crippen molar-refractivity contribution >= 4 is 5.78 Å². The van der Waals surface area contributed by atoms with Gasteiger partial charge in [-0.05, 0) is 6.42 Å². The van der Waals surface area contributed by atoms with Crippen LogP contribution in [0.3, 0.4) is 0 Å². The maximum atomic E-state index is 10.8. The van der Waals surface area contributed by atoms with Crippen molar-refractivity contribution in [3.63, 3.8) is 0 Å². The summed E-state index contributed by atoms with van der Waals surface area (Å²) in [6, 6.07) is 0. The molecule has 0 aliphatic carbocycles. The van der Waals surface area contributed by atoms with E-state index in [1.165, 1.54) is 38.5 Å². The normalized spacial score (nSPS) is 8.82. The van der Waals surface area contributed by atoms with E-state index in [1.54, 1.807) is 0 Å². The third kappa shape index (κ3) is 16.4. The summed E-state index contributed by atoms with van der Waals surface area (Å²) in [6.07, 6.45) is 10.7. The molecule has 0 radical (unpaired) electrons. The van der Waals surface area contributed by atoms with Gasteiger partial charge in [0.15, 0.2) is 5.78 Å². The number of Topliss-reactive ketones (excluding diaryl/α,β-unsaturated/α-hetero) is 1. The summed E-state index contributed by atoms with van der Waals surface area (Å²) in [5, 5.41) is 8.53. The van der Waals surface area contributed by atoms with Crippen LogP contribution in [-0.4, -0.2) is 17.5 Å². The van der Waals surface area contributed by atoms with Gasteiger partial charge in [-0.3, -0.25) is 4.79 Å². The summed E-state index contributed by atoms with van der Waals surface area (Å²) in [6.45, 7) is 1.84. The Kier molecular flexibility index (Phi) is 16.0. The van der Waals surface area contributed by atoms with Crippen molar-refractivity contribution in [2.75, 3.05) is 6.61 Å². The maximum absolute atomic E-state index is 10.8. The molecule has 0 aromatic rings. The third-order valence-corrected chi connectivity index (χ3v) is 3.09. The van der Waals surface area contributed by atoms with Crippen molar-refractivity contribution in [3.8, 4) is 35.5 Å². The van der Waals surface area contributed by atoms with Crippen molar-refractivity contribution in [2.45, 2.75) is 77.6 Å². The Labute approximate surface area is 136 Å². The molecule has 0 aromatic carbocycles. The number of unbranched alkanes of at least 4 members (excludes halogenated alkanes) is 6. The number of carbonyl (C=O) groups is 1. The van der Waals surface area contributed by atoms with Gasteiger partial charge in [-0.25, -0.2) is 0 Å². The number of hydrogen-bond donors (Lipinski definition) is 1. The molecule has 0 saturated heterocycles. The van der Waals surface area contributed by atoms with Crippen molar-refractivity contribution < 1.29 is 9.90 Å².